The van der Waals surface area contributed by atoms with Crippen LogP contribution in [0.15, 0.2) is 91.0 Å². The Morgan fingerprint density at radius 3 is 2.24 bits per heavy atom. The van der Waals surface area contributed by atoms with E-state index in [-0.39, 0.29) is 17.6 Å². The van der Waals surface area contributed by atoms with E-state index in [1.807, 2.05) is 50.2 Å². The number of rotatable bonds is 8. The first-order valence-electron chi connectivity index (χ1n) is 12.2. The molecule has 2 amide bonds. The lowest BCUT2D eigenvalue weighted by atomic mass is 10.1. The van der Waals surface area contributed by atoms with E-state index in [9.17, 15) is 14.0 Å². The monoisotopic (exact) mass is 511 g/mol. The molecule has 0 aliphatic rings. The smallest absolute Gasteiger partial charge is 0.255 e. The van der Waals surface area contributed by atoms with Crippen LogP contribution in [0.3, 0.4) is 0 Å². The molecule has 0 spiro atoms. The Morgan fingerprint density at radius 2 is 1.53 bits per heavy atom. The average Bonchev–Trinajstić information content (AvgIpc) is 2.91. The van der Waals surface area contributed by atoms with E-state index in [1.165, 1.54) is 6.07 Å². The molecule has 0 saturated carbocycles. The van der Waals surface area contributed by atoms with Crippen LogP contribution in [-0.2, 0) is 0 Å². The van der Waals surface area contributed by atoms with Crippen molar-refractivity contribution >= 4 is 28.9 Å². The van der Waals surface area contributed by atoms with Crippen LogP contribution in [0, 0.1) is 12.7 Å². The predicted molar refractivity (Wildman–Crippen MR) is 150 cm³/mol. The minimum atomic E-state index is -0.484. The lowest BCUT2D eigenvalue weighted by molar-refractivity contribution is 0.101. The highest BCUT2D eigenvalue weighted by Crippen LogP contribution is 2.25. The summed E-state index contributed by atoms with van der Waals surface area (Å²) < 4.78 is 19.9. The summed E-state index contributed by atoms with van der Waals surface area (Å²) in [5, 5.41) is 5.81. The highest BCUT2D eigenvalue weighted by Gasteiger charge is 2.14. The lowest BCUT2D eigenvalue weighted by Gasteiger charge is -2.16. The molecule has 4 aromatic carbocycles. The summed E-state index contributed by atoms with van der Waals surface area (Å²) in [6.07, 6.45) is -0.484. The first-order valence-corrected chi connectivity index (χ1v) is 12.2. The fraction of sp³-hybridized carbons (Fsp3) is 0.161. The maximum Gasteiger partial charge on any atom is 0.255 e. The maximum absolute atomic E-state index is 14.0. The Hall–Kier alpha value is -4.65. The molecule has 2 N–H and O–H groups in total. The first-order chi connectivity index (χ1) is 18.2. The number of benzene rings is 4. The molecule has 38 heavy (non-hydrogen) atoms. The van der Waals surface area contributed by atoms with Gasteiger partial charge in [0.15, 0.2) is 0 Å². The van der Waals surface area contributed by atoms with Gasteiger partial charge in [-0.2, -0.15) is 0 Å². The zero-order valence-corrected chi connectivity index (χ0v) is 21.8. The van der Waals surface area contributed by atoms with Gasteiger partial charge in [-0.3, -0.25) is 9.59 Å². The van der Waals surface area contributed by atoms with E-state index in [4.69, 9.17) is 4.74 Å². The Morgan fingerprint density at radius 1 is 0.816 bits per heavy atom. The average molecular weight is 512 g/mol. The molecule has 4 rings (SSSR count). The van der Waals surface area contributed by atoms with Crippen LogP contribution in [0.4, 0.5) is 21.5 Å². The van der Waals surface area contributed by atoms with Crippen LogP contribution >= 0.6 is 0 Å². The third kappa shape index (κ3) is 6.37. The molecule has 0 aromatic heterocycles. The number of nitrogens with one attached hydrogen (secondary N) is 2. The molecule has 194 valence electrons. The van der Waals surface area contributed by atoms with Crippen LogP contribution in [0.1, 0.15) is 44.9 Å². The predicted octanol–water partition coefficient (Wildman–Crippen LogP) is 6.84. The molecule has 0 radical (unpaired) electrons. The number of carbonyl (C=O) groups is 2. The first kappa shape index (κ1) is 26.4. The second kappa shape index (κ2) is 11.6. The molecule has 0 heterocycles. The van der Waals surface area contributed by atoms with Crippen LogP contribution in [-0.4, -0.2) is 25.9 Å². The van der Waals surface area contributed by atoms with Crippen molar-refractivity contribution in [2.75, 3.05) is 29.6 Å². The largest absolute Gasteiger partial charge is 0.486 e. The fourth-order valence-electron chi connectivity index (χ4n) is 3.91. The lowest BCUT2D eigenvalue weighted by Crippen LogP contribution is -2.15. The Balaban J connectivity index is 1.42. The number of hydrogen-bond donors (Lipinski definition) is 2. The van der Waals surface area contributed by atoms with E-state index < -0.39 is 6.10 Å². The number of halogens is 1. The highest BCUT2D eigenvalue weighted by atomic mass is 19.1. The molecule has 0 aliphatic heterocycles. The van der Waals surface area contributed by atoms with Crippen LogP contribution in [0.5, 0.6) is 5.75 Å². The summed E-state index contributed by atoms with van der Waals surface area (Å²) in [7, 11) is 3.83. The normalized spacial score (nSPS) is 11.4. The van der Waals surface area contributed by atoms with E-state index in [0.29, 0.717) is 33.8 Å². The second-order valence-corrected chi connectivity index (χ2v) is 9.19. The van der Waals surface area contributed by atoms with Crippen molar-refractivity contribution in [2.45, 2.75) is 20.0 Å². The topological polar surface area (TPSA) is 70.7 Å². The van der Waals surface area contributed by atoms with Gasteiger partial charge in [0.05, 0.1) is 0 Å². The number of ether oxygens (including phenoxy) is 1. The number of aryl methyl sites for hydroxylation is 1. The third-order valence-electron chi connectivity index (χ3n) is 6.14. The SMILES string of the molecule is Cc1ccc(NC(=O)c2cccc(N(C)C)c2)cc1NC(=O)c1ccc(OC(C)c2ccccc2F)cc1. The van der Waals surface area contributed by atoms with E-state index in [1.54, 1.807) is 67.6 Å². The Labute approximate surface area is 222 Å². The van der Waals surface area contributed by atoms with E-state index in [2.05, 4.69) is 10.6 Å². The third-order valence-corrected chi connectivity index (χ3v) is 6.14. The van der Waals surface area contributed by atoms with Gasteiger partial charge in [0.2, 0.25) is 0 Å². The molecule has 6 nitrogen and oxygen atoms in total. The standard InChI is InChI=1S/C31H30FN3O3/c1-20-12-15-24(33-31(37)23-8-7-9-25(18-23)35(3)4)19-29(20)34-30(36)22-13-16-26(17-14-22)38-21(2)27-10-5-6-11-28(27)32/h5-19,21H,1-4H3,(H,33,37)(H,34,36). The van der Waals surface area contributed by atoms with E-state index in [0.717, 1.165) is 11.3 Å². The molecule has 1 unspecified atom stereocenters. The molecule has 0 fully saturated rings. The summed E-state index contributed by atoms with van der Waals surface area (Å²) in [6.45, 7) is 3.65. The molecular formula is C31H30FN3O3. The van der Waals surface area contributed by atoms with Gasteiger partial charge < -0.3 is 20.3 Å². The molecule has 0 bridgehead atoms. The molecule has 0 aliphatic carbocycles. The Kier molecular flexibility index (Phi) is 8.06. The van der Waals surface area contributed by atoms with Gasteiger partial charge in [0, 0.05) is 47.8 Å². The van der Waals surface area contributed by atoms with Crippen molar-refractivity contribution in [3.05, 3.63) is 119 Å². The maximum atomic E-state index is 14.0. The van der Waals surface area contributed by atoms with Gasteiger partial charge >= 0.3 is 0 Å². The summed E-state index contributed by atoms with van der Waals surface area (Å²) in [5.41, 5.74) is 4.36. The van der Waals surface area contributed by atoms with Crippen molar-refractivity contribution in [2.24, 2.45) is 0 Å². The minimum Gasteiger partial charge on any atom is -0.486 e. The van der Waals surface area contributed by atoms with Gasteiger partial charge in [0.25, 0.3) is 11.8 Å². The number of amides is 2. The summed E-state index contributed by atoms with van der Waals surface area (Å²) >= 11 is 0. The number of anilines is 3. The van der Waals surface area contributed by atoms with Gasteiger partial charge in [-0.15, -0.1) is 0 Å². The zero-order valence-electron chi connectivity index (χ0n) is 21.8. The molecular weight excluding hydrogens is 481 g/mol. The molecule has 0 saturated heterocycles. The summed E-state index contributed by atoms with van der Waals surface area (Å²) in [6, 6.07) is 25.8. The van der Waals surface area contributed by atoms with Gasteiger partial charge in [-0.1, -0.05) is 30.3 Å². The van der Waals surface area contributed by atoms with Crippen molar-refractivity contribution in [3.8, 4) is 5.75 Å². The van der Waals surface area contributed by atoms with Crippen LogP contribution < -0.4 is 20.3 Å². The molecule has 7 heteroatoms. The Bertz CT molecular complexity index is 1450. The van der Waals surface area contributed by atoms with Crippen LogP contribution in [0.25, 0.3) is 0 Å². The van der Waals surface area contributed by atoms with Crippen molar-refractivity contribution in [1.29, 1.82) is 0 Å². The highest BCUT2D eigenvalue weighted by molar-refractivity contribution is 6.07. The van der Waals surface area contributed by atoms with Gasteiger partial charge in [-0.05, 0) is 80.1 Å². The minimum absolute atomic E-state index is 0.241. The fourth-order valence-corrected chi connectivity index (χ4v) is 3.91. The number of carbonyl (C=O) groups excluding carboxylic acids is 2. The van der Waals surface area contributed by atoms with Crippen molar-refractivity contribution in [3.63, 3.8) is 0 Å². The van der Waals surface area contributed by atoms with E-state index >= 15 is 0 Å². The quantitative estimate of drug-likeness (QED) is 0.272. The summed E-state index contributed by atoms with van der Waals surface area (Å²) in [4.78, 5) is 27.7. The molecule has 4 aromatic rings. The van der Waals surface area contributed by atoms with Crippen molar-refractivity contribution < 1.29 is 18.7 Å². The van der Waals surface area contributed by atoms with Gasteiger partial charge in [0.1, 0.15) is 17.7 Å². The number of nitrogens with zero attached hydrogens (tertiary/aromatic N) is 1. The summed E-state index contributed by atoms with van der Waals surface area (Å²) in [5.74, 6) is -0.345. The zero-order chi connectivity index (χ0) is 27.2. The van der Waals surface area contributed by atoms with Gasteiger partial charge in [-0.25, -0.2) is 4.39 Å². The second-order valence-electron chi connectivity index (χ2n) is 9.19. The van der Waals surface area contributed by atoms with Crippen molar-refractivity contribution in [1.82, 2.24) is 0 Å². The number of hydrogen-bond acceptors (Lipinski definition) is 4. The van der Waals surface area contributed by atoms with Crippen LogP contribution in [0.2, 0.25) is 0 Å². The molecule has 1 atom stereocenters.